The topological polar surface area (TPSA) is 56.4 Å². The van der Waals surface area contributed by atoms with Gasteiger partial charge in [-0.3, -0.25) is 9.88 Å². The average molecular weight is 525 g/mol. The van der Waals surface area contributed by atoms with E-state index in [2.05, 4.69) is 67.6 Å². The van der Waals surface area contributed by atoms with Crippen LogP contribution in [0.2, 0.25) is 0 Å². The summed E-state index contributed by atoms with van der Waals surface area (Å²) in [7, 11) is 0. The Morgan fingerprint density at radius 2 is 2.00 bits per heavy atom. The van der Waals surface area contributed by atoms with E-state index in [1.54, 1.807) is 0 Å². The molecule has 4 heterocycles. The molecule has 2 aliphatic heterocycles. The Balaban J connectivity index is 1.59. The first-order chi connectivity index (χ1) is 14.1. The van der Waals surface area contributed by atoms with Crippen molar-refractivity contribution in [3.8, 4) is 0 Å². The first-order valence-electron chi connectivity index (χ1n) is 10.2. The molecule has 0 spiro atoms. The second-order valence-corrected chi connectivity index (χ2v) is 9.20. The molecular formula is C21H28IN5OS. The number of rotatable bonds is 6. The van der Waals surface area contributed by atoms with E-state index in [1.165, 1.54) is 20.5 Å². The van der Waals surface area contributed by atoms with Crippen LogP contribution in [0.4, 0.5) is 0 Å². The van der Waals surface area contributed by atoms with Gasteiger partial charge in [-0.05, 0) is 67.2 Å². The Morgan fingerprint density at radius 3 is 2.66 bits per heavy atom. The number of halogens is 1. The highest BCUT2D eigenvalue weighted by molar-refractivity contribution is 14.1. The molecule has 0 saturated carbocycles. The van der Waals surface area contributed by atoms with Crippen molar-refractivity contribution >= 4 is 39.9 Å². The Hall–Kier alpha value is -1.23. The molecule has 2 aromatic rings. The highest BCUT2D eigenvalue weighted by atomic mass is 127. The van der Waals surface area contributed by atoms with E-state index < -0.39 is 0 Å². The number of nitrogens with one attached hydrogen (secondary N) is 2. The first kappa shape index (κ1) is 21.0. The maximum absolute atomic E-state index is 5.80. The number of aromatic amines is 1. The predicted octanol–water partition coefficient (Wildman–Crippen LogP) is 3.33. The fourth-order valence-corrected chi connectivity index (χ4v) is 5.56. The third-order valence-corrected chi connectivity index (χ3v) is 7.56. The number of hydrogen-bond donors (Lipinski definition) is 2. The summed E-state index contributed by atoms with van der Waals surface area (Å²) in [6, 6.07) is 6.28. The van der Waals surface area contributed by atoms with Crippen LogP contribution in [0.25, 0.3) is 0 Å². The number of ether oxygens (including phenoxy) is 1. The SMILES string of the molecule is Cc1[nH]c(C)c([C@H]2[C@H](c3ccccn3)NC(=S)N2CCCN2CCOCC2)c1I. The van der Waals surface area contributed by atoms with E-state index in [0.29, 0.717) is 0 Å². The normalized spacial score (nSPS) is 22.9. The zero-order valence-electron chi connectivity index (χ0n) is 16.9. The minimum absolute atomic E-state index is 0.0505. The van der Waals surface area contributed by atoms with Gasteiger partial charge in [-0.1, -0.05) is 6.07 Å². The summed E-state index contributed by atoms with van der Waals surface area (Å²) in [5.41, 5.74) is 4.79. The molecule has 29 heavy (non-hydrogen) atoms. The predicted molar refractivity (Wildman–Crippen MR) is 127 cm³/mol. The summed E-state index contributed by atoms with van der Waals surface area (Å²) in [6.07, 6.45) is 2.94. The molecule has 0 aromatic carbocycles. The Labute approximate surface area is 191 Å². The number of pyridine rings is 1. The first-order valence-corrected chi connectivity index (χ1v) is 11.7. The lowest BCUT2D eigenvalue weighted by Gasteiger charge is -2.30. The van der Waals surface area contributed by atoms with Crippen molar-refractivity contribution in [2.75, 3.05) is 39.4 Å². The maximum atomic E-state index is 5.80. The smallest absolute Gasteiger partial charge is 0.170 e. The van der Waals surface area contributed by atoms with Gasteiger partial charge >= 0.3 is 0 Å². The van der Waals surface area contributed by atoms with Crippen LogP contribution in [-0.2, 0) is 4.74 Å². The fourth-order valence-electron chi connectivity index (χ4n) is 4.37. The number of thiocarbonyl (C=S) groups is 1. The van der Waals surface area contributed by atoms with Crippen LogP contribution in [0.5, 0.6) is 0 Å². The number of hydrogen-bond acceptors (Lipinski definition) is 4. The van der Waals surface area contributed by atoms with E-state index >= 15 is 0 Å². The molecule has 4 rings (SSSR count). The Morgan fingerprint density at radius 1 is 1.21 bits per heavy atom. The van der Waals surface area contributed by atoms with E-state index in [4.69, 9.17) is 17.0 Å². The summed E-state index contributed by atoms with van der Waals surface area (Å²) in [6.45, 7) is 10.0. The van der Waals surface area contributed by atoms with E-state index in [0.717, 1.165) is 56.6 Å². The van der Waals surface area contributed by atoms with Gasteiger partial charge in [0.1, 0.15) is 0 Å². The number of aromatic nitrogens is 2. The number of aryl methyl sites for hydroxylation is 2. The van der Waals surface area contributed by atoms with Crippen LogP contribution in [-0.4, -0.2) is 64.3 Å². The molecule has 2 aliphatic rings. The van der Waals surface area contributed by atoms with Crippen molar-refractivity contribution in [1.29, 1.82) is 0 Å². The van der Waals surface area contributed by atoms with Crippen molar-refractivity contribution < 1.29 is 4.74 Å². The average Bonchev–Trinajstić information content (AvgIpc) is 3.18. The van der Waals surface area contributed by atoms with Crippen LogP contribution in [0.1, 0.15) is 41.1 Å². The zero-order valence-corrected chi connectivity index (χ0v) is 19.9. The number of morpholine rings is 1. The van der Waals surface area contributed by atoms with E-state index in [1.807, 2.05) is 18.3 Å². The van der Waals surface area contributed by atoms with Crippen LogP contribution >= 0.6 is 34.8 Å². The van der Waals surface area contributed by atoms with Gasteiger partial charge in [0, 0.05) is 52.9 Å². The summed E-state index contributed by atoms with van der Waals surface area (Å²) >= 11 is 8.26. The maximum Gasteiger partial charge on any atom is 0.170 e. The summed E-state index contributed by atoms with van der Waals surface area (Å²) < 4.78 is 6.76. The van der Waals surface area contributed by atoms with Crippen molar-refractivity contribution in [1.82, 2.24) is 25.1 Å². The third kappa shape index (κ3) is 4.45. The third-order valence-electron chi connectivity index (χ3n) is 5.82. The van der Waals surface area contributed by atoms with Crippen LogP contribution in [0.15, 0.2) is 24.4 Å². The number of H-pyrrole nitrogens is 1. The van der Waals surface area contributed by atoms with Gasteiger partial charge in [0.05, 0.1) is 31.0 Å². The standard InChI is InChI=1S/C21H28IN5OS/c1-14-17(18(22)15(2)24-14)20-19(16-6-3-4-7-23-16)25-21(29)27(20)9-5-8-26-10-12-28-13-11-26/h3-4,6-7,19-20,24H,5,8-13H2,1-2H3,(H,25,29)/t19-,20-/m0/s1. The van der Waals surface area contributed by atoms with Gasteiger partial charge in [-0.15, -0.1) is 0 Å². The zero-order chi connectivity index (χ0) is 20.4. The minimum atomic E-state index is 0.0505. The van der Waals surface area contributed by atoms with Gasteiger partial charge in [0.15, 0.2) is 5.11 Å². The number of nitrogens with zero attached hydrogens (tertiary/aromatic N) is 3. The second kappa shape index (κ2) is 9.28. The summed E-state index contributed by atoms with van der Waals surface area (Å²) in [5.74, 6) is 0. The van der Waals surface area contributed by atoms with Gasteiger partial charge in [0.25, 0.3) is 0 Å². The lowest BCUT2D eigenvalue weighted by molar-refractivity contribution is 0.0365. The minimum Gasteiger partial charge on any atom is -0.379 e. The second-order valence-electron chi connectivity index (χ2n) is 7.73. The van der Waals surface area contributed by atoms with Gasteiger partial charge < -0.3 is 19.9 Å². The van der Waals surface area contributed by atoms with Gasteiger partial charge in [-0.2, -0.15) is 0 Å². The van der Waals surface area contributed by atoms with Gasteiger partial charge in [-0.25, -0.2) is 0 Å². The highest BCUT2D eigenvalue weighted by Crippen LogP contribution is 2.42. The molecule has 0 radical (unpaired) electrons. The molecule has 0 amide bonds. The fraction of sp³-hybridized carbons (Fsp3) is 0.524. The van der Waals surface area contributed by atoms with Gasteiger partial charge in [0.2, 0.25) is 0 Å². The molecule has 0 bridgehead atoms. The molecule has 156 valence electrons. The highest BCUT2D eigenvalue weighted by Gasteiger charge is 2.41. The van der Waals surface area contributed by atoms with Crippen molar-refractivity contribution in [3.05, 3.63) is 50.6 Å². The van der Waals surface area contributed by atoms with Crippen LogP contribution in [0, 0.1) is 17.4 Å². The van der Waals surface area contributed by atoms with Crippen molar-refractivity contribution in [2.45, 2.75) is 32.4 Å². The molecule has 0 unspecified atom stereocenters. The Bertz CT molecular complexity index is 852. The molecule has 2 aromatic heterocycles. The molecule has 2 fully saturated rings. The monoisotopic (exact) mass is 525 g/mol. The Kier molecular flexibility index (Phi) is 6.73. The van der Waals surface area contributed by atoms with Crippen molar-refractivity contribution in [2.24, 2.45) is 0 Å². The molecular weight excluding hydrogens is 497 g/mol. The van der Waals surface area contributed by atoms with E-state index in [9.17, 15) is 0 Å². The lowest BCUT2D eigenvalue weighted by atomic mass is 9.96. The molecule has 2 saturated heterocycles. The van der Waals surface area contributed by atoms with Crippen LogP contribution in [0.3, 0.4) is 0 Å². The van der Waals surface area contributed by atoms with Crippen molar-refractivity contribution in [3.63, 3.8) is 0 Å². The lowest BCUT2D eigenvalue weighted by Crippen LogP contribution is -2.39. The quantitative estimate of drug-likeness (QED) is 0.446. The molecule has 6 nitrogen and oxygen atoms in total. The molecule has 2 N–H and O–H groups in total. The molecule has 2 atom stereocenters. The van der Waals surface area contributed by atoms with Crippen LogP contribution < -0.4 is 5.32 Å². The largest absolute Gasteiger partial charge is 0.379 e. The summed E-state index contributed by atoms with van der Waals surface area (Å²) in [4.78, 5) is 13.0. The molecule has 0 aliphatic carbocycles. The summed E-state index contributed by atoms with van der Waals surface area (Å²) in [5, 5.41) is 4.39. The molecule has 8 heteroatoms. The van der Waals surface area contributed by atoms with E-state index in [-0.39, 0.29) is 12.1 Å².